The zero-order chi connectivity index (χ0) is 25.5. The highest BCUT2D eigenvalue weighted by molar-refractivity contribution is 8.15. The summed E-state index contributed by atoms with van der Waals surface area (Å²) >= 11 is 1.35. The summed E-state index contributed by atoms with van der Waals surface area (Å²) in [4.78, 5) is 12.1. The van der Waals surface area contributed by atoms with Crippen molar-refractivity contribution in [2.24, 2.45) is 10.2 Å². The molecule has 1 aliphatic rings. The third kappa shape index (κ3) is 6.06. The molecule has 10 heteroatoms. The van der Waals surface area contributed by atoms with Crippen LogP contribution in [-0.4, -0.2) is 37.6 Å². The molecule has 4 rings (SSSR count). The molecule has 1 heterocycles. The minimum Gasteiger partial charge on any atom is -0.494 e. The number of amidine groups is 1. The van der Waals surface area contributed by atoms with Gasteiger partial charge in [0.25, 0.3) is 0 Å². The molecule has 36 heavy (non-hydrogen) atoms. The standard InChI is InChI=1S/C26H27N3O5S2/c1-3-5-10-24-25(30)28-26(35-24)29-27-17-22-21-9-7-6-8-18(21)11-16-23(22)34-36(31,32)20-14-12-19(13-15-20)33-4-2/h6-9,11-17,24H,3-5,10H2,1-2H3,(H,28,29,30). The van der Waals surface area contributed by atoms with Crippen LogP contribution in [0.4, 0.5) is 0 Å². The third-order valence-electron chi connectivity index (χ3n) is 5.49. The minimum atomic E-state index is -4.11. The molecule has 1 saturated heterocycles. The van der Waals surface area contributed by atoms with Crippen LogP contribution in [-0.2, 0) is 14.9 Å². The Kier molecular flexibility index (Phi) is 8.27. The van der Waals surface area contributed by atoms with Gasteiger partial charge in [0.05, 0.1) is 18.1 Å². The minimum absolute atomic E-state index is 0.00503. The van der Waals surface area contributed by atoms with E-state index >= 15 is 0 Å². The van der Waals surface area contributed by atoms with Crippen molar-refractivity contribution in [1.82, 2.24) is 5.32 Å². The van der Waals surface area contributed by atoms with E-state index in [1.165, 1.54) is 30.1 Å². The van der Waals surface area contributed by atoms with Crippen molar-refractivity contribution in [1.29, 1.82) is 0 Å². The average Bonchev–Trinajstić information content (AvgIpc) is 3.23. The number of hydrogen-bond acceptors (Lipinski definition) is 8. The van der Waals surface area contributed by atoms with E-state index in [1.54, 1.807) is 24.3 Å². The van der Waals surface area contributed by atoms with E-state index in [1.807, 2.05) is 31.2 Å². The van der Waals surface area contributed by atoms with Crippen molar-refractivity contribution in [3.05, 3.63) is 66.2 Å². The van der Waals surface area contributed by atoms with Crippen LogP contribution in [0.25, 0.3) is 10.8 Å². The van der Waals surface area contributed by atoms with Crippen LogP contribution in [0.5, 0.6) is 11.5 Å². The number of ether oxygens (including phenoxy) is 1. The largest absolute Gasteiger partial charge is 0.494 e. The molecule has 3 aromatic carbocycles. The van der Waals surface area contributed by atoms with E-state index in [0.29, 0.717) is 23.1 Å². The second-order valence-corrected chi connectivity index (χ2v) is 10.8. The highest BCUT2D eigenvalue weighted by Gasteiger charge is 2.29. The van der Waals surface area contributed by atoms with Gasteiger partial charge in [0.15, 0.2) is 10.9 Å². The molecule has 0 saturated carbocycles. The normalized spacial score (nSPS) is 17.1. The number of amides is 1. The van der Waals surface area contributed by atoms with E-state index in [-0.39, 0.29) is 21.8 Å². The van der Waals surface area contributed by atoms with Gasteiger partial charge in [-0.15, -0.1) is 5.10 Å². The van der Waals surface area contributed by atoms with Gasteiger partial charge in [0.2, 0.25) is 5.91 Å². The van der Waals surface area contributed by atoms with Crippen LogP contribution in [0.3, 0.4) is 0 Å². The summed E-state index contributed by atoms with van der Waals surface area (Å²) in [5.74, 6) is 0.622. The molecule has 8 nitrogen and oxygen atoms in total. The van der Waals surface area contributed by atoms with Gasteiger partial charge in [-0.05, 0) is 54.4 Å². The van der Waals surface area contributed by atoms with Crippen molar-refractivity contribution in [3.63, 3.8) is 0 Å². The summed E-state index contributed by atoms with van der Waals surface area (Å²) in [7, 11) is -4.11. The van der Waals surface area contributed by atoms with E-state index in [2.05, 4.69) is 22.4 Å². The van der Waals surface area contributed by atoms with E-state index in [0.717, 1.165) is 30.0 Å². The van der Waals surface area contributed by atoms with Gasteiger partial charge >= 0.3 is 10.1 Å². The number of carbonyl (C=O) groups excluding carboxylic acids is 1. The van der Waals surface area contributed by atoms with Gasteiger partial charge in [-0.25, -0.2) is 0 Å². The fourth-order valence-corrected chi connectivity index (χ4v) is 5.61. The van der Waals surface area contributed by atoms with Crippen molar-refractivity contribution in [2.75, 3.05) is 6.61 Å². The lowest BCUT2D eigenvalue weighted by Crippen LogP contribution is -2.24. The maximum Gasteiger partial charge on any atom is 0.339 e. The van der Waals surface area contributed by atoms with Crippen molar-refractivity contribution in [2.45, 2.75) is 43.3 Å². The first-order valence-corrected chi connectivity index (χ1v) is 14.0. The van der Waals surface area contributed by atoms with Gasteiger partial charge in [-0.3, -0.25) is 4.79 Å². The highest BCUT2D eigenvalue weighted by atomic mass is 32.2. The number of carbonyl (C=O) groups is 1. The van der Waals surface area contributed by atoms with Gasteiger partial charge in [-0.2, -0.15) is 13.5 Å². The number of thioether (sulfide) groups is 1. The first-order valence-electron chi connectivity index (χ1n) is 11.7. The Balaban J connectivity index is 1.62. The summed E-state index contributed by atoms with van der Waals surface area (Å²) in [6.07, 6.45) is 4.20. The lowest BCUT2D eigenvalue weighted by molar-refractivity contribution is -0.118. The fraction of sp³-hybridized carbons (Fsp3) is 0.269. The Labute approximate surface area is 214 Å². The molecule has 188 valence electrons. The van der Waals surface area contributed by atoms with Gasteiger partial charge in [0.1, 0.15) is 10.6 Å². The van der Waals surface area contributed by atoms with E-state index < -0.39 is 10.1 Å². The van der Waals surface area contributed by atoms with Crippen molar-refractivity contribution in [3.8, 4) is 11.5 Å². The molecule has 3 aromatic rings. The van der Waals surface area contributed by atoms with Crippen LogP contribution in [0.15, 0.2) is 75.8 Å². The number of nitrogens with one attached hydrogen (secondary N) is 1. The fourth-order valence-electron chi connectivity index (χ4n) is 3.69. The Hall–Kier alpha value is -3.37. The van der Waals surface area contributed by atoms with E-state index in [4.69, 9.17) is 8.92 Å². The van der Waals surface area contributed by atoms with Gasteiger partial charge in [-0.1, -0.05) is 61.9 Å². The number of hydrogen-bond donors (Lipinski definition) is 1. The van der Waals surface area contributed by atoms with Crippen LogP contribution in [0, 0.1) is 0 Å². The molecule has 1 N–H and O–H groups in total. The molecule has 1 unspecified atom stereocenters. The smallest absolute Gasteiger partial charge is 0.339 e. The Morgan fingerprint density at radius 2 is 1.83 bits per heavy atom. The predicted octanol–water partition coefficient (Wildman–Crippen LogP) is 5.12. The van der Waals surface area contributed by atoms with Gasteiger partial charge in [0, 0.05) is 5.56 Å². The number of fused-ring (bicyclic) bond motifs is 1. The van der Waals surface area contributed by atoms with Crippen LogP contribution < -0.4 is 14.2 Å². The molecule has 1 aliphatic heterocycles. The Morgan fingerprint density at radius 1 is 1.06 bits per heavy atom. The van der Waals surface area contributed by atoms with Crippen LogP contribution in [0.1, 0.15) is 38.7 Å². The van der Waals surface area contributed by atoms with Crippen LogP contribution >= 0.6 is 11.8 Å². The van der Waals surface area contributed by atoms with Crippen molar-refractivity contribution >= 4 is 49.9 Å². The number of rotatable bonds is 10. The molecular formula is C26H27N3O5S2. The molecule has 0 radical (unpaired) electrons. The lowest BCUT2D eigenvalue weighted by atomic mass is 10.0. The first-order chi connectivity index (χ1) is 17.4. The summed E-state index contributed by atoms with van der Waals surface area (Å²) in [5, 5.41) is 12.9. The highest BCUT2D eigenvalue weighted by Crippen LogP contribution is 2.30. The zero-order valence-corrected chi connectivity index (χ0v) is 21.6. The SMILES string of the molecule is CCCCC1SC(=NN=Cc2c(OS(=O)(=O)c3ccc(OCC)cc3)ccc3ccccc23)NC1=O. The number of nitrogens with zero attached hydrogens (tertiary/aromatic N) is 2. The Bertz CT molecular complexity index is 1400. The summed E-state index contributed by atoms with van der Waals surface area (Å²) in [5.41, 5.74) is 0.462. The number of benzene rings is 3. The second kappa shape index (κ2) is 11.6. The quantitative estimate of drug-likeness (QED) is 0.224. The molecular weight excluding hydrogens is 498 g/mol. The van der Waals surface area contributed by atoms with Crippen LogP contribution in [0.2, 0.25) is 0 Å². The maximum atomic E-state index is 13.0. The topological polar surface area (TPSA) is 106 Å². The molecule has 0 bridgehead atoms. The summed E-state index contributed by atoms with van der Waals surface area (Å²) in [6, 6.07) is 16.9. The maximum absolute atomic E-state index is 13.0. The molecule has 1 amide bonds. The number of unbranched alkanes of at least 4 members (excludes halogenated alkanes) is 1. The lowest BCUT2D eigenvalue weighted by Gasteiger charge is -2.12. The van der Waals surface area contributed by atoms with E-state index in [9.17, 15) is 13.2 Å². The third-order valence-corrected chi connectivity index (χ3v) is 7.88. The molecule has 0 spiro atoms. The zero-order valence-electron chi connectivity index (χ0n) is 20.0. The molecule has 1 atom stereocenters. The molecule has 0 aromatic heterocycles. The Morgan fingerprint density at radius 3 is 2.58 bits per heavy atom. The van der Waals surface area contributed by atoms with Crippen molar-refractivity contribution < 1.29 is 22.1 Å². The monoisotopic (exact) mass is 525 g/mol. The molecule has 0 aliphatic carbocycles. The molecule has 1 fully saturated rings. The summed E-state index contributed by atoms with van der Waals surface area (Å²) in [6.45, 7) is 4.41. The van der Waals surface area contributed by atoms with Gasteiger partial charge < -0.3 is 14.2 Å². The summed E-state index contributed by atoms with van der Waals surface area (Å²) < 4.78 is 37.0. The predicted molar refractivity (Wildman–Crippen MR) is 143 cm³/mol. The first kappa shape index (κ1) is 25.7. The average molecular weight is 526 g/mol. The second-order valence-electron chi connectivity index (χ2n) is 8.03.